The van der Waals surface area contributed by atoms with E-state index in [1.165, 1.54) is 0 Å². The molecule has 0 radical (unpaired) electrons. The molecule has 0 rings (SSSR count). The standard InChI is InChI=1S/C8H18N2O2/c1-3-10-8(11)7-9-5-6-12-4-2/h9H,3-7H2,1-2H3,(H,10,11). The van der Waals surface area contributed by atoms with Crippen LogP contribution in [0.4, 0.5) is 0 Å². The van der Waals surface area contributed by atoms with Crippen molar-refractivity contribution in [3.63, 3.8) is 0 Å². The molecule has 0 aromatic rings. The normalized spacial score (nSPS) is 9.83. The summed E-state index contributed by atoms with van der Waals surface area (Å²) in [5.74, 6) is 0.0361. The number of carbonyl (C=O) groups excluding carboxylic acids is 1. The van der Waals surface area contributed by atoms with Gasteiger partial charge in [-0.15, -0.1) is 0 Å². The SMILES string of the molecule is CCNC(=O)CNCCOCC. The molecule has 0 aromatic heterocycles. The lowest BCUT2D eigenvalue weighted by atomic mass is 10.5. The number of hydrogen-bond donors (Lipinski definition) is 2. The lowest BCUT2D eigenvalue weighted by molar-refractivity contribution is -0.120. The summed E-state index contributed by atoms with van der Waals surface area (Å²) < 4.78 is 5.08. The predicted octanol–water partition coefficient (Wildman–Crippen LogP) is -0.251. The van der Waals surface area contributed by atoms with Gasteiger partial charge >= 0.3 is 0 Å². The average molecular weight is 174 g/mol. The molecule has 0 bridgehead atoms. The van der Waals surface area contributed by atoms with E-state index in [4.69, 9.17) is 4.74 Å². The molecule has 2 N–H and O–H groups in total. The molecule has 4 heteroatoms. The lowest BCUT2D eigenvalue weighted by Crippen LogP contribution is -2.35. The van der Waals surface area contributed by atoms with Gasteiger partial charge < -0.3 is 15.4 Å². The third-order valence-corrected chi connectivity index (χ3v) is 1.29. The summed E-state index contributed by atoms with van der Waals surface area (Å²) in [6.07, 6.45) is 0. The minimum atomic E-state index is 0.0361. The molecule has 0 saturated carbocycles. The van der Waals surface area contributed by atoms with E-state index in [9.17, 15) is 4.79 Å². The second kappa shape index (κ2) is 8.49. The average Bonchev–Trinajstić information content (AvgIpc) is 2.05. The van der Waals surface area contributed by atoms with Gasteiger partial charge in [-0.3, -0.25) is 4.79 Å². The first-order valence-corrected chi connectivity index (χ1v) is 4.36. The van der Waals surface area contributed by atoms with Crippen LogP contribution in [0.25, 0.3) is 0 Å². The van der Waals surface area contributed by atoms with Crippen LogP contribution in [0.2, 0.25) is 0 Å². The number of nitrogens with one attached hydrogen (secondary N) is 2. The summed E-state index contributed by atoms with van der Waals surface area (Å²) in [6.45, 7) is 7.03. The second-order valence-electron chi connectivity index (χ2n) is 2.33. The van der Waals surface area contributed by atoms with E-state index in [0.29, 0.717) is 19.7 Å². The Morgan fingerprint density at radius 2 is 2.17 bits per heavy atom. The monoisotopic (exact) mass is 174 g/mol. The van der Waals surface area contributed by atoms with Crippen molar-refractivity contribution in [2.24, 2.45) is 0 Å². The molecule has 0 spiro atoms. The summed E-state index contributed by atoms with van der Waals surface area (Å²) in [5, 5.41) is 5.66. The Kier molecular flexibility index (Phi) is 8.05. The van der Waals surface area contributed by atoms with Crippen molar-refractivity contribution >= 4 is 5.91 Å². The van der Waals surface area contributed by atoms with Gasteiger partial charge in [0.15, 0.2) is 0 Å². The van der Waals surface area contributed by atoms with Crippen LogP contribution in [0.5, 0.6) is 0 Å². The van der Waals surface area contributed by atoms with Crippen LogP contribution in [0.1, 0.15) is 13.8 Å². The highest BCUT2D eigenvalue weighted by molar-refractivity contribution is 5.77. The molecule has 72 valence electrons. The van der Waals surface area contributed by atoms with Gasteiger partial charge in [0.1, 0.15) is 0 Å². The molecule has 0 fully saturated rings. The van der Waals surface area contributed by atoms with Crippen LogP contribution in [-0.2, 0) is 9.53 Å². The zero-order chi connectivity index (χ0) is 9.23. The first kappa shape index (κ1) is 11.4. The van der Waals surface area contributed by atoms with Crippen molar-refractivity contribution in [3.8, 4) is 0 Å². The number of carbonyl (C=O) groups is 1. The van der Waals surface area contributed by atoms with Crippen LogP contribution in [0.15, 0.2) is 0 Å². The van der Waals surface area contributed by atoms with Crippen LogP contribution in [0, 0.1) is 0 Å². The smallest absolute Gasteiger partial charge is 0.233 e. The molecule has 0 aliphatic carbocycles. The Bertz CT molecular complexity index is 118. The molecule has 4 nitrogen and oxygen atoms in total. The largest absolute Gasteiger partial charge is 0.380 e. The lowest BCUT2D eigenvalue weighted by Gasteiger charge is -2.04. The fraction of sp³-hybridized carbons (Fsp3) is 0.875. The summed E-state index contributed by atoms with van der Waals surface area (Å²) in [7, 11) is 0. The van der Waals surface area contributed by atoms with Gasteiger partial charge in [0.25, 0.3) is 0 Å². The highest BCUT2D eigenvalue weighted by Gasteiger charge is 1.96. The highest BCUT2D eigenvalue weighted by atomic mass is 16.5. The van der Waals surface area contributed by atoms with Gasteiger partial charge in [-0.05, 0) is 13.8 Å². The van der Waals surface area contributed by atoms with Crippen molar-refractivity contribution in [2.75, 3.05) is 32.8 Å². The number of ether oxygens (including phenoxy) is 1. The Morgan fingerprint density at radius 3 is 2.75 bits per heavy atom. The van der Waals surface area contributed by atoms with Crippen LogP contribution in [-0.4, -0.2) is 38.8 Å². The van der Waals surface area contributed by atoms with Crippen molar-refractivity contribution in [3.05, 3.63) is 0 Å². The maximum absolute atomic E-state index is 10.9. The minimum Gasteiger partial charge on any atom is -0.380 e. The third-order valence-electron chi connectivity index (χ3n) is 1.29. The van der Waals surface area contributed by atoms with Gasteiger partial charge in [-0.25, -0.2) is 0 Å². The van der Waals surface area contributed by atoms with E-state index in [1.807, 2.05) is 13.8 Å². The van der Waals surface area contributed by atoms with E-state index in [2.05, 4.69) is 10.6 Å². The van der Waals surface area contributed by atoms with Crippen molar-refractivity contribution in [2.45, 2.75) is 13.8 Å². The molecule has 0 aromatic carbocycles. The Morgan fingerprint density at radius 1 is 1.42 bits per heavy atom. The predicted molar refractivity (Wildman–Crippen MR) is 48.0 cm³/mol. The topological polar surface area (TPSA) is 50.4 Å². The summed E-state index contributed by atoms with van der Waals surface area (Å²) in [5.41, 5.74) is 0. The van der Waals surface area contributed by atoms with E-state index in [0.717, 1.165) is 13.2 Å². The zero-order valence-electron chi connectivity index (χ0n) is 7.85. The van der Waals surface area contributed by atoms with E-state index in [-0.39, 0.29) is 5.91 Å². The summed E-state index contributed by atoms with van der Waals surface area (Å²) in [4.78, 5) is 10.9. The molecule has 12 heavy (non-hydrogen) atoms. The number of rotatable bonds is 7. The van der Waals surface area contributed by atoms with Gasteiger partial charge in [0.05, 0.1) is 13.2 Å². The van der Waals surface area contributed by atoms with E-state index >= 15 is 0 Å². The maximum atomic E-state index is 10.9. The molecule has 0 aliphatic rings. The van der Waals surface area contributed by atoms with E-state index < -0.39 is 0 Å². The molecular weight excluding hydrogens is 156 g/mol. The number of hydrogen-bond acceptors (Lipinski definition) is 3. The first-order chi connectivity index (χ1) is 5.81. The van der Waals surface area contributed by atoms with Crippen molar-refractivity contribution < 1.29 is 9.53 Å². The minimum absolute atomic E-state index is 0.0361. The molecule has 0 heterocycles. The summed E-state index contributed by atoms with van der Waals surface area (Å²) in [6, 6.07) is 0. The van der Waals surface area contributed by atoms with Gasteiger partial charge in [-0.1, -0.05) is 0 Å². The second-order valence-corrected chi connectivity index (χ2v) is 2.33. The number of amides is 1. The maximum Gasteiger partial charge on any atom is 0.233 e. The zero-order valence-corrected chi connectivity index (χ0v) is 7.85. The van der Waals surface area contributed by atoms with Crippen LogP contribution in [0.3, 0.4) is 0 Å². The van der Waals surface area contributed by atoms with Gasteiger partial charge in [-0.2, -0.15) is 0 Å². The van der Waals surface area contributed by atoms with Crippen molar-refractivity contribution in [1.29, 1.82) is 0 Å². The van der Waals surface area contributed by atoms with Crippen LogP contribution < -0.4 is 10.6 Å². The van der Waals surface area contributed by atoms with Gasteiger partial charge in [0.2, 0.25) is 5.91 Å². The molecule has 0 atom stereocenters. The Labute approximate surface area is 73.7 Å². The Hall–Kier alpha value is -0.610. The first-order valence-electron chi connectivity index (χ1n) is 4.36. The number of likely N-dealkylation sites (N-methyl/N-ethyl adjacent to an activating group) is 1. The van der Waals surface area contributed by atoms with Crippen LogP contribution >= 0.6 is 0 Å². The fourth-order valence-electron chi connectivity index (χ4n) is 0.750. The molecule has 0 unspecified atom stereocenters. The molecular formula is C8H18N2O2. The van der Waals surface area contributed by atoms with Crippen molar-refractivity contribution in [1.82, 2.24) is 10.6 Å². The fourth-order valence-corrected chi connectivity index (χ4v) is 0.750. The summed E-state index contributed by atoms with van der Waals surface area (Å²) >= 11 is 0. The Balaban J connectivity index is 3.03. The third kappa shape index (κ3) is 7.50. The highest BCUT2D eigenvalue weighted by Crippen LogP contribution is 1.70. The molecule has 1 amide bonds. The van der Waals surface area contributed by atoms with Gasteiger partial charge in [0, 0.05) is 19.7 Å². The molecule has 0 saturated heterocycles. The van der Waals surface area contributed by atoms with E-state index in [1.54, 1.807) is 0 Å². The quantitative estimate of drug-likeness (QED) is 0.523. The molecule has 0 aliphatic heterocycles.